The summed E-state index contributed by atoms with van der Waals surface area (Å²) in [6.07, 6.45) is 0. The van der Waals surface area contributed by atoms with Crippen LogP contribution in [0.25, 0.3) is 0 Å². The average molecular weight is 591 g/mol. The first-order valence-electron chi connectivity index (χ1n) is 12.4. The van der Waals surface area contributed by atoms with Crippen molar-refractivity contribution in [1.29, 1.82) is 0 Å². The Bertz CT molecular complexity index is 1400. The zero-order valence-corrected chi connectivity index (χ0v) is 24.9. The number of nitrogens with zero attached hydrogens (tertiary/aromatic N) is 2. The van der Waals surface area contributed by atoms with Crippen LogP contribution in [0.5, 0.6) is 0 Å². The van der Waals surface area contributed by atoms with E-state index < -0.39 is 34.1 Å². The van der Waals surface area contributed by atoms with Crippen LogP contribution in [-0.2, 0) is 26.2 Å². The van der Waals surface area contributed by atoms with Crippen LogP contribution in [0, 0.1) is 6.92 Å². The molecule has 0 spiro atoms. The molecule has 0 saturated heterocycles. The number of nitrogens with one attached hydrogen (secondary N) is 1. The molecular formula is C29H33Cl2N3O4S. The van der Waals surface area contributed by atoms with E-state index in [1.165, 1.54) is 35.2 Å². The number of rotatable bonds is 9. The molecule has 0 aliphatic rings. The Balaban J connectivity index is 2.05. The molecule has 2 amide bonds. The molecule has 39 heavy (non-hydrogen) atoms. The monoisotopic (exact) mass is 589 g/mol. The Morgan fingerprint density at radius 1 is 0.923 bits per heavy atom. The molecule has 0 heterocycles. The lowest BCUT2D eigenvalue weighted by Crippen LogP contribution is -2.54. The highest BCUT2D eigenvalue weighted by Crippen LogP contribution is 2.30. The molecule has 0 aromatic heterocycles. The Kier molecular flexibility index (Phi) is 9.69. The van der Waals surface area contributed by atoms with Crippen LogP contribution in [0.1, 0.15) is 38.8 Å². The highest BCUT2D eigenvalue weighted by Gasteiger charge is 2.33. The van der Waals surface area contributed by atoms with Crippen molar-refractivity contribution in [2.24, 2.45) is 0 Å². The van der Waals surface area contributed by atoms with Gasteiger partial charge in [-0.1, -0.05) is 71.2 Å². The summed E-state index contributed by atoms with van der Waals surface area (Å²) in [6.45, 7) is 8.65. The largest absolute Gasteiger partial charge is 0.350 e. The van der Waals surface area contributed by atoms with Gasteiger partial charge in [-0.15, -0.1) is 0 Å². The molecule has 7 nitrogen and oxygen atoms in total. The van der Waals surface area contributed by atoms with Crippen molar-refractivity contribution in [2.45, 2.75) is 57.6 Å². The maximum atomic E-state index is 13.9. The Labute approximate surface area is 240 Å². The van der Waals surface area contributed by atoms with Crippen molar-refractivity contribution in [3.8, 4) is 0 Å². The number of hydrogen-bond donors (Lipinski definition) is 1. The topological polar surface area (TPSA) is 86.8 Å². The smallest absolute Gasteiger partial charge is 0.264 e. The number of amides is 2. The molecule has 0 aliphatic carbocycles. The fourth-order valence-electron chi connectivity index (χ4n) is 3.88. The maximum absolute atomic E-state index is 13.9. The van der Waals surface area contributed by atoms with Gasteiger partial charge in [-0.3, -0.25) is 13.9 Å². The number of aryl methyl sites for hydroxylation is 1. The standard InChI is InChI=1S/C29H33Cl2N3O4S/c1-20-11-13-22(14-12-20)18-33(21(2)28(36)32-29(3,4)5)27(35)19-34(25-16-23(30)15-24(31)17-25)39(37,38)26-9-7-6-8-10-26/h6-17,21H,18-19H2,1-5H3,(H,32,36)/t21-/m0/s1. The minimum atomic E-state index is -4.20. The third-order valence-electron chi connectivity index (χ3n) is 5.88. The first-order valence-corrected chi connectivity index (χ1v) is 14.6. The summed E-state index contributed by atoms with van der Waals surface area (Å²) in [7, 11) is -4.20. The summed E-state index contributed by atoms with van der Waals surface area (Å²) >= 11 is 12.4. The van der Waals surface area contributed by atoms with Crippen molar-refractivity contribution in [1.82, 2.24) is 10.2 Å². The van der Waals surface area contributed by atoms with E-state index in [4.69, 9.17) is 23.2 Å². The number of carbonyl (C=O) groups is 2. The average Bonchev–Trinajstić information content (AvgIpc) is 2.85. The van der Waals surface area contributed by atoms with Crippen molar-refractivity contribution < 1.29 is 18.0 Å². The van der Waals surface area contributed by atoms with Crippen LogP contribution in [-0.4, -0.2) is 43.3 Å². The Morgan fingerprint density at radius 2 is 1.49 bits per heavy atom. The molecule has 1 atom stereocenters. The van der Waals surface area contributed by atoms with E-state index in [-0.39, 0.29) is 33.1 Å². The third kappa shape index (κ3) is 8.21. The van der Waals surface area contributed by atoms with E-state index in [2.05, 4.69) is 5.32 Å². The van der Waals surface area contributed by atoms with Crippen molar-refractivity contribution in [3.05, 3.63) is 94.0 Å². The molecule has 0 saturated carbocycles. The number of anilines is 1. The molecule has 1 N–H and O–H groups in total. The van der Waals surface area contributed by atoms with Gasteiger partial charge in [0.25, 0.3) is 10.0 Å². The molecule has 10 heteroatoms. The molecule has 3 rings (SSSR count). The van der Waals surface area contributed by atoms with Crippen LogP contribution >= 0.6 is 23.2 Å². The number of sulfonamides is 1. The summed E-state index contributed by atoms with van der Waals surface area (Å²) in [5.74, 6) is -0.922. The molecule has 0 fully saturated rings. The van der Waals surface area contributed by atoms with E-state index in [0.29, 0.717) is 0 Å². The maximum Gasteiger partial charge on any atom is 0.264 e. The van der Waals surface area contributed by atoms with Gasteiger partial charge in [0.05, 0.1) is 10.6 Å². The van der Waals surface area contributed by atoms with Crippen LogP contribution in [0.2, 0.25) is 10.0 Å². The first kappa shape index (κ1) is 30.5. The number of carbonyl (C=O) groups excluding carboxylic acids is 2. The number of halogens is 2. The van der Waals surface area contributed by atoms with Gasteiger partial charge in [0.1, 0.15) is 12.6 Å². The summed E-state index contributed by atoms with van der Waals surface area (Å²) in [5, 5.41) is 3.34. The zero-order valence-electron chi connectivity index (χ0n) is 22.6. The van der Waals surface area contributed by atoms with Gasteiger partial charge in [-0.2, -0.15) is 0 Å². The Morgan fingerprint density at radius 3 is 2.03 bits per heavy atom. The fraction of sp³-hybridized carbons (Fsp3) is 0.310. The molecule has 3 aromatic rings. The number of hydrogen-bond acceptors (Lipinski definition) is 4. The predicted octanol–water partition coefficient (Wildman–Crippen LogP) is 5.83. The summed E-state index contributed by atoms with van der Waals surface area (Å²) in [4.78, 5) is 28.5. The molecule has 0 unspecified atom stereocenters. The lowest BCUT2D eigenvalue weighted by atomic mass is 10.1. The normalized spacial score (nSPS) is 12.5. The van der Waals surface area contributed by atoms with Gasteiger partial charge in [0, 0.05) is 22.1 Å². The highest BCUT2D eigenvalue weighted by atomic mass is 35.5. The molecule has 208 valence electrons. The minimum Gasteiger partial charge on any atom is -0.350 e. The molecule has 0 aliphatic heterocycles. The molecular weight excluding hydrogens is 557 g/mol. The first-order chi connectivity index (χ1) is 18.2. The van der Waals surface area contributed by atoms with E-state index in [1.807, 2.05) is 52.0 Å². The number of benzene rings is 3. The molecule has 0 radical (unpaired) electrons. The molecule has 3 aromatic carbocycles. The van der Waals surface area contributed by atoms with E-state index in [0.717, 1.165) is 15.4 Å². The quantitative estimate of drug-likeness (QED) is 0.340. The van der Waals surface area contributed by atoms with E-state index in [9.17, 15) is 18.0 Å². The van der Waals surface area contributed by atoms with Crippen LogP contribution in [0.3, 0.4) is 0 Å². The SMILES string of the molecule is Cc1ccc(CN(C(=O)CN(c2cc(Cl)cc(Cl)c2)S(=O)(=O)c2ccccc2)[C@@H](C)C(=O)NC(C)(C)C)cc1. The van der Waals surface area contributed by atoms with E-state index in [1.54, 1.807) is 25.1 Å². The minimum absolute atomic E-state index is 0.00231. The lowest BCUT2D eigenvalue weighted by Gasteiger charge is -2.33. The van der Waals surface area contributed by atoms with Crippen LogP contribution in [0.4, 0.5) is 5.69 Å². The van der Waals surface area contributed by atoms with Crippen LogP contribution < -0.4 is 9.62 Å². The lowest BCUT2D eigenvalue weighted by molar-refractivity contribution is -0.140. The van der Waals surface area contributed by atoms with Crippen molar-refractivity contribution in [3.63, 3.8) is 0 Å². The van der Waals surface area contributed by atoms with Gasteiger partial charge in [0.15, 0.2) is 0 Å². The Hall–Kier alpha value is -3.07. The zero-order chi connectivity index (χ0) is 29.0. The predicted molar refractivity (Wildman–Crippen MR) is 157 cm³/mol. The fourth-order valence-corrected chi connectivity index (χ4v) is 5.81. The third-order valence-corrected chi connectivity index (χ3v) is 8.11. The van der Waals surface area contributed by atoms with Gasteiger partial charge in [-0.25, -0.2) is 8.42 Å². The second kappa shape index (κ2) is 12.4. The summed E-state index contributed by atoms with van der Waals surface area (Å²) < 4.78 is 28.6. The van der Waals surface area contributed by atoms with Crippen molar-refractivity contribution >= 4 is 50.7 Å². The van der Waals surface area contributed by atoms with Gasteiger partial charge < -0.3 is 10.2 Å². The van der Waals surface area contributed by atoms with E-state index >= 15 is 0 Å². The molecule has 0 bridgehead atoms. The van der Waals surface area contributed by atoms with Crippen LogP contribution in [0.15, 0.2) is 77.7 Å². The van der Waals surface area contributed by atoms with Gasteiger partial charge in [0.2, 0.25) is 11.8 Å². The van der Waals surface area contributed by atoms with Gasteiger partial charge >= 0.3 is 0 Å². The second-order valence-corrected chi connectivity index (χ2v) is 13.1. The second-order valence-electron chi connectivity index (χ2n) is 10.4. The van der Waals surface area contributed by atoms with Crippen molar-refractivity contribution in [2.75, 3.05) is 10.8 Å². The highest BCUT2D eigenvalue weighted by molar-refractivity contribution is 7.92. The summed E-state index contributed by atoms with van der Waals surface area (Å²) in [5.41, 5.74) is 1.46. The van der Waals surface area contributed by atoms with Gasteiger partial charge in [-0.05, 0) is 70.5 Å². The summed E-state index contributed by atoms with van der Waals surface area (Å²) in [6, 6.07) is 18.8.